The van der Waals surface area contributed by atoms with Gasteiger partial charge in [0.15, 0.2) is 0 Å². The molecule has 1 aliphatic heterocycles. The van der Waals surface area contributed by atoms with Crippen molar-refractivity contribution in [2.24, 2.45) is 0 Å². The van der Waals surface area contributed by atoms with Crippen molar-refractivity contribution >= 4 is 27.3 Å². The number of amides is 1. The molecule has 0 saturated carbocycles. The molecule has 1 atom stereocenters. The van der Waals surface area contributed by atoms with Crippen LogP contribution in [-0.4, -0.2) is 63.5 Å². The van der Waals surface area contributed by atoms with Crippen molar-refractivity contribution in [1.29, 1.82) is 0 Å². The highest BCUT2D eigenvalue weighted by Gasteiger charge is 2.35. The molecule has 1 aliphatic rings. The van der Waals surface area contributed by atoms with E-state index in [1.165, 1.54) is 9.18 Å². The minimum absolute atomic E-state index is 0.182. The maximum atomic E-state index is 13.7. The van der Waals surface area contributed by atoms with Gasteiger partial charge < -0.3 is 14.4 Å². The van der Waals surface area contributed by atoms with Gasteiger partial charge in [0.1, 0.15) is 12.4 Å². The lowest BCUT2D eigenvalue weighted by Gasteiger charge is -2.37. The van der Waals surface area contributed by atoms with Crippen LogP contribution in [0.5, 0.6) is 5.75 Å². The van der Waals surface area contributed by atoms with E-state index in [9.17, 15) is 13.2 Å². The van der Waals surface area contributed by atoms with Crippen LogP contribution in [0.15, 0.2) is 64.9 Å². The van der Waals surface area contributed by atoms with Crippen LogP contribution in [-0.2, 0) is 26.0 Å². The second-order valence-electron chi connectivity index (χ2n) is 9.23. The van der Waals surface area contributed by atoms with Gasteiger partial charge in [0.25, 0.3) is 0 Å². The highest BCUT2D eigenvalue weighted by atomic mass is 32.2. The van der Waals surface area contributed by atoms with Gasteiger partial charge in [0.2, 0.25) is 15.9 Å². The summed E-state index contributed by atoms with van der Waals surface area (Å²) in [5, 5.41) is 2.04. The molecule has 4 rings (SSSR count). The number of para-hydroxylation sites is 1. The monoisotopic (exact) mass is 542 g/mol. The molecule has 0 fully saturated rings. The molecule has 2 heterocycles. The van der Waals surface area contributed by atoms with Crippen molar-refractivity contribution in [3.8, 4) is 5.75 Å². The van der Waals surface area contributed by atoms with Gasteiger partial charge in [-0.2, -0.15) is 4.31 Å². The molecule has 0 radical (unpaired) electrons. The summed E-state index contributed by atoms with van der Waals surface area (Å²) in [6.07, 6.45) is 1.23. The Kier molecular flexibility index (Phi) is 9.02. The molecule has 37 heavy (non-hydrogen) atoms. The van der Waals surface area contributed by atoms with Crippen molar-refractivity contribution in [2.75, 3.05) is 40.0 Å². The highest BCUT2D eigenvalue weighted by molar-refractivity contribution is 7.89. The highest BCUT2D eigenvalue weighted by Crippen LogP contribution is 2.34. The van der Waals surface area contributed by atoms with Crippen molar-refractivity contribution < 1.29 is 22.7 Å². The van der Waals surface area contributed by atoms with E-state index in [2.05, 4.69) is 0 Å². The number of sulfonamides is 1. The van der Waals surface area contributed by atoms with Crippen LogP contribution in [0.25, 0.3) is 0 Å². The number of carbonyl (C=O) groups excluding carboxylic acids is 1. The van der Waals surface area contributed by atoms with Gasteiger partial charge in [-0.25, -0.2) is 8.42 Å². The average Bonchev–Trinajstić information content (AvgIpc) is 3.37. The molecule has 0 spiro atoms. The van der Waals surface area contributed by atoms with E-state index in [1.807, 2.05) is 49.6 Å². The Labute approximate surface area is 223 Å². The molecule has 0 N–H and O–H groups in total. The summed E-state index contributed by atoms with van der Waals surface area (Å²) < 4.78 is 39.7. The molecule has 9 heteroatoms. The summed E-state index contributed by atoms with van der Waals surface area (Å²) in [6, 6.07) is 16.3. The summed E-state index contributed by atoms with van der Waals surface area (Å²) >= 11 is 1.68. The van der Waals surface area contributed by atoms with Crippen molar-refractivity contribution in [3.05, 3.63) is 81.5 Å². The Morgan fingerprint density at radius 1 is 1.11 bits per heavy atom. The topological polar surface area (TPSA) is 76.2 Å². The minimum atomic E-state index is -3.86. The predicted molar refractivity (Wildman–Crippen MR) is 146 cm³/mol. The van der Waals surface area contributed by atoms with Crippen LogP contribution in [0.3, 0.4) is 0 Å². The second-order valence-corrected chi connectivity index (χ2v) is 12.2. The number of rotatable bonds is 11. The van der Waals surface area contributed by atoms with Crippen molar-refractivity contribution in [1.82, 2.24) is 9.21 Å². The number of fused-ring (bicyclic) bond motifs is 1. The van der Waals surface area contributed by atoms with Gasteiger partial charge in [-0.05, 0) is 67.5 Å². The van der Waals surface area contributed by atoms with E-state index in [0.717, 1.165) is 28.9 Å². The fourth-order valence-corrected chi connectivity index (χ4v) is 6.89. The summed E-state index contributed by atoms with van der Waals surface area (Å²) in [7, 11) is -2.28. The van der Waals surface area contributed by atoms with Gasteiger partial charge in [0, 0.05) is 31.7 Å². The first-order valence-electron chi connectivity index (χ1n) is 12.4. The number of ether oxygens (including phenoxy) is 2. The second kappa shape index (κ2) is 12.2. The van der Waals surface area contributed by atoms with Crippen LogP contribution < -0.4 is 4.74 Å². The SMILES string of the molecule is COCCCN(CC(=O)N1CCc2sccc2[C@@H]1COc1ccccc1C)S(=O)(=O)c1ccc(C)cc1. The maximum Gasteiger partial charge on any atom is 0.243 e. The number of benzene rings is 2. The molecule has 7 nitrogen and oxygen atoms in total. The van der Waals surface area contributed by atoms with Gasteiger partial charge in [0.05, 0.1) is 17.5 Å². The molecule has 0 aliphatic carbocycles. The van der Waals surface area contributed by atoms with Crippen molar-refractivity contribution in [3.63, 3.8) is 0 Å². The quantitative estimate of drug-likeness (QED) is 0.331. The molecular weight excluding hydrogens is 508 g/mol. The number of thiophene rings is 1. The third-order valence-corrected chi connectivity index (χ3v) is 9.49. The number of hydrogen-bond acceptors (Lipinski definition) is 6. The minimum Gasteiger partial charge on any atom is -0.491 e. The van der Waals surface area contributed by atoms with Crippen LogP contribution in [0.1, 0.15) is 34.0 Å². The first-order valence-corrected chi connectivity index (χ1v) is 14.7. The Morgan fingerprint density at radius 3 is 2.59 bits per heavy atom. The molecule has 1 amide bonds. The molecule has 3 aromatic rings. The molecular formula is C28H34N2O5S2. The van der Waals surface area contributed by atoms with Gasteiger partial charge in [-0.1, -0.05) is 35.9 Å². The molecule has 0 unspecified atom stereocenters. The predicted octanol–water partition coefficient (Wildman–Crippen LogP) is 4.60. The summed E-state index contributed by atoms with van der Waals surface area (Å²) in [4.78, 5) is 16.9. The first kappa shape index (κ1) is 27.3. The number of hydrogen-bond donors (Lipinski definition) is 0. The zero-order valence-corrected chi connectivity index (χ0v) is 23.2. The molecule has 2 aromatic carbocycles. The lowest BCUT2D eigenvalue weighted by atomic mass is 10.0. The summed E-state index contributed by atoms with van der Waals surface area (Å²) in [6.45, 7) is 5.08. The van der Waals surface area contributed by atoms with Gasteiger partial charge in [-0.15, -0.1) is 11.3 Å². The lowest BCUT2D eigenvalue weighted by Crippen LogP contribution is -2.48. The lowest BCUT2D eigenvalue weighted by molar-refractivity contribution is -0.135. The number of nitrogens with zero attached hydrogens (tertiary/aromatic N) is 2. The molecule has 0 bridgehead atoms. The van der Waals surface area contributed by atoms with Gasteiger partial charge in [-0.3, -0.25) is 4.79 Å². The van der Waals surface area contributed by atoms with Crippen LogP contribution in [0, 0.1) is 13.8 Å². The van der Waals surface area contributed by atoms with E-state index in [4.69, 9.17) is 9.47 Å². The zero-order chi connectivity index (χ0) is 26.4. The van der Waals surface area contributed by atoms with E-state index < -0.39 is 10.0 Å². The average molecular weight is 543 g/mol. The molecule has 0 saturated heterocycles. The first-order chi connectivity index (χ1) is 17.8. The Bertz CT molecular complexity index is 1300. The summed E-state index contributed by atoms with van der Waals surface area (Å²) in [5.74, 6) is 0.545. The Balaban J connectivity index is 1.57. The Morgan fingerprint density at radius 2 is 1.86 bits per heavy atom. The van der Waals surface area contributed by atoms with E-state index >= 15 is 0 Å². The number of carbonyl (C=O) groups is 1. The normalized spacial score (nSPS) is 15.6. The van der Waals surface area contributed by atoms with Crippen LogP contribution in [0.2, 0.25) is 0 Å². The molecule has 198 valence electrons. The third kappa shape index (κ3) is 6.41. The number of methoxy groups -OCH3 is 1. The van der Waals surface area contributed by atoms with Gasteiger partial charge >= 0.3 is 0 Å². The maximum absolute atomic E-state index is 13.7. The third-order valence-electron chi connectivity index (χ3n) is 6.63. The Hall–Kier alpha value is -2.72. The number of aryl methyl sites for hydroxylation is 2. The fraction of sp³-hybridized carbons (Fsp3) is 0.393. The van der Waals surface area contributed by atoms with E-state index in [1.54, 1.807) is 47.6 Å². The van der Waals surface area contributed by atoms with E-state index in [0.29, 0.717) is 26.2 Å². The summed E-state index contributed by atoms with van der Waals surface area (Å²) in [5.41, 5.74) is 3.07. The zero-order valence-electron chi connectivity index (χ0n) is 21.6. The van der Waals surface area contributed by atoms with Crippen LogP contribution >= 0.6 is 11.3 Å². The standard InChI is InChI=1S/C28H34N2O5S2/c1-21-9-11-23(12-10-21)37(32,33)29(15-6-17-34-3)19-28(31)30-16-13-27-24(14-18-36-27)25(30)20-35-26-8-5-4-7-22(26)2/h4-5,7-12,14,18,25H,6,13,15-17,19-20H2,1-3H3/t25-/m0/s1. The smallest absolute Gasteiger partial charge is 0.243 e. The largest absolute Gasteiger partial charge is 0.491 e. The fourth-order valence-electron chi connectivity index (χ4n) is 4.53. The van der Waals surface area contributed by atoms with E-state index in [-0.39, 0.29) is 29.9 Å². The molecule has 1 aromatic heterocycles. The van der Waals surface area contributed by atoms with Crippen LogP contribution in [0.4, 0.5) is 0 Å². The van der Waals surface area contributed by atoms with Crippen molar-refractivity contribution in [2.45, 2.75) is 37.6 Å².